The number of nitrogens with two attached hydrogens (primary N) is 1. The summed E-state index contributed by atoms with van der Waals surface area (Å²) in [4.78, 5) is 0. The highest BCUT2D eigenvalue weighted by Gasteiger charge is 2.50. The van der Waals surface area contributed by atoms with E-state index in [9.17, 15) is 0 Å². The molecule has 1 aliphatic rings. The molecule has 1 saturated carbocycles. The Labute approximate surface area is 108 Å². The van der Waals surface area contributed by atoms with Crippen LogP contribution in [-0.2, 0) is 0 Å². The summed E-state index contributed by atoms with van der Waals surface area (Å²) in [5, 5.41) is 0. The van der Waals surface area contributed by atoms with Crippen molar-refractivity contribution in [2.45, 2.75) is 26.3 Å². The van der Waals surface area contributed by atoms with Crippen molar-refractivity contribution < 1.29 is 9.47 Å². The Morgan fingerprint density at radius 2 is 2.00 bits per heavy atom. The van der Waals surface area contributed by atoms with Gasteiger partial charge in [0.25, 0.3) is 0 Å². The lowest BCUT2D eigenvalue weighted by atomic mass is 9.96. The lowest BCUT2D eigenvalue weighted by Gasteiger charge is -2.21. The van der Waals surface area contributed by atoms with E-state index in [2.05, 4.69) is 19.3 Å². The molecule has 0 radical (unpaired) electrons. The van der Waals surface area contributed by atoms with Crippen LogP contribution in [0.15, 0.2) is 18.2 Å². The molecule has 0 saturated heterocycles. The van der Waals surface area contributed by atoms with E-state index in [0.717, 1.165) is 17.1 Å². The first-order valence-electron chi connectivity index (χ1n) is 6.21. The van der Waals surface area contributed by atoms with Crippen molar-refractivity contribution in [2.24, 2.45) is 17.2 Å². The van der Waals surface area contributed by atoms with Gasteiger partial charge in [-0.25, -0.2) is 0 Å². The van der Waals surface area contributed by atoms with Crippen LogP contribution in [0.4, 0.5) is 0 Å². The molecule has 0 amide bonds. The molecule has 4 nitrogen and oxygen atoms in total. The summed E-state index contributed by atoms with van der Waals surface area (Å²) < 4.78 is 10.7. The van der Waals surface area contributed by atoms with Crippen LogP contribution >= 0.6 is 0 Å². The van der Waals surface area contributed by atoms with Crippen LogP contribution in [0.1, 0.15) is 31.9 Å². The van der Waals surface area contributed by atoms with Crippen molar-refractivity contribution in [3.05, 3.63) is 23.8 Å². The highest BCUT2D eigenvalue weighted by Crippen LogP contribution is 2.58. The zero-order valence-corrected chi connectivity index (χ0v) is 11.5. The van der Waals surface area contributed by atoms with E-state index in [1.54, 1.807) is 14.2 Å². The van der Waals surface area contributed by atoms with Gasteiger partial charge < -0.3 is 9.47 Å². The molecule has 1 aromatic carbocycles. The Hall–Kier alpha value is -1.26. The number of hydrazine groups is 1. The number of methoxy groups -OCH3 is 2. The van der Waals surface area contributed by atoms with E-state index in [1.165, 1.54) is 6.42 Å². The van der Waals surface area contributed by atoms with Gasteiger partial charge in [-0.2, -0.15) is 0 Å². The monoisotopic (exact) mass is 250 g/mol. The van der Waals surface area contributed by atoms with Gasteiger partial charge in [-0.1, -0.05) is 13.8 Å². The third-order valence-electron chi connectivity index (χ3n) is 3.94. The summed E-state index contributed by atoms with van der Waals surface area (Å²) in [7, 11) is 3.34. The summed E-state index contributed by atoms with van der Waals surface area (Å²) in [6, 6.07) is 5.92. The van der Waals surface area contributed by atoms with Gasteiger partial charge in [0.15, 0.2) is 0 Å². The van der Waals surface area contributed by atoms with E-state index in [4.69, 9.17) is 15.3 Å². The molecular weight excluding hydrogens is 228 g/mol. The molecule has 0 spiro atoms. The molecule has 1 fully saturated rings. The van der Waals surface area contributed by atoms with Crippen LogP contribution < -0.4 is 20.7 Å². The second-order valence-corrected chi connectivity index (χ2v) is 5.55. The molecule has 3 N–H and O–H groups in total. The summed E-state index contributed by atoms with van der Waals surface area (Å²) in [5.41, 5.74) is 4.33. The molecule has 0 aromatic heterocycles. The zero-order valence-electron chi connectivity index (χ0n) is 11.5. The van der Waals surface area contributed by atoms with Crippen molar-refractivity contribution >= 4 is 0 Å². The molecule has 2 unspecified atom stereocenters. The fraction of sp³-hybridized carbons (Fsp3) is 0.571. The van der Waals surface area contributed by atoms with Gasteiger partial charge in [0.1, 0.15) is 11.5 Å². The average Bonchev–Trinajstić information content (AvgIpc) is 2.99. The largest absolute Gasteiger partial charge is 0.497 e. The smallest absolute Gasteiger partial charge is 0.123 e. The molecule has 0 bridgehead atoms. The van der Waals surface area contributed by atoms with Crippen LogP contribution in [0.2, 0.25) is 0 Å². The number of hydrogen-bond donors (Lipinski definition) is 2. The van der Waals surface area contributed by atoms with Gasteiger partial charge in [0.2, 0.25) is 0 Å². The number of benzene rings is 1. The van der Waals surface area contributed by atoms with Gasteiger partial charge in [0.05, 0.1) is 20.3 Å². The molecule has 1 aromatic rings. The summed E-state index contributed by atoms with van der Waals surface area (Å²) >= 11 is 0. The second-order valence-electron chi connectivity index (χ2n) is 5.55. The number of rotatable bonds is 5. The lowest BCUT2D eigenvalue weighted by molar-refractivity contribution is 0.371. The first-order valence-corrected chi connectivity index (χ1v) is 6.21. The molecule has 4 heteroatoms. The molecule has 2 rings (SSSR count). The van der Waals surface area contributed by atoms with Gasteiger partial charge in [0, 0.05) is 5.56 Å². The molecule has 100 valence electrons. The minimum atomic E-state index is 0.102. The Morgan fingerprint density at radius 1 is 1.33 bits per heavy atom. The SMILES string of the molecule is COc1ccc(OC)c(C(NN)C2CC2(C)C)c1. The fourth-order valence-corrected chi connectivity index (χ4v) is 2.58. The van der Waals surface area contributed by atoms with Gasteiger partial charge in [-0.05, 0) is 36.0 Å². The van der Waals surface area contributed by atoms with Gasteiger partial charge in [-0.3, -0.25) is 11.3 Å². The zero-order chi connectivity index (χ0) is 13.3. The number of ether oxygens (including phenoxy) is 2. The highest BCUT2D eigenvalue weighted by atomic mass is 16.5. The normalized spacial score (nSPS) is 22.4. The highest BCUT2D eigenvalue weighted by molar-refractivity contribution is 5.43. The Balaban J connectivity index is 2.34. The summed E-state index contributed by atoms with van der Waals surface area (Å²) in [6.45, 7) is 4.52. The van der Waals surface area contributed by atoms with Gasteiger partial charge in [-0.15, -0.1) is 0 Å². The molecule has 1 aliphatic carbocycles. The molecule has 18 heavy (non-hydrogen) atoms. The first kappa shape index (κ1) is 13.2. The quantitative estimate of drug-likeness (QED) is 0.621. The maximum atomic E-state index is 5.74. The van der Waals surface area contributed by atoms with E-state index in [1.807, 2.05) is 18.2 Å². The predicted octanol–water partition coefficient (Wildman–Crippen LogP) is 2.25. The molecule has 0 heterocycles. The van der Waals surface area contributed by atoms with E-state index >= 15 is 0 Å². The Morgan fingerprint density at radius 3 is 2.44 bits per heavy atom. The van der Waals surface area contributed by atoms with Crippen molar-refractivity contribution in [3.8, 4) is 11.5 Å². The van der Waals surface area contributed by atoms with Crippen LogP contribution in [0, 0.1) is 11.3 Å². The summed E-state index contributed by atoms with van der Waals surface area (Å²) in [5.74, 6) is 7.94. The average molecular weight is 250 g/mol. The Kier molecular flexibility index (Phi) is 3.50. The molecule has 0 aliphatic heterocycles. The maximum absolute atomic E-state index is 5.74. The van der Waals surface area contributed by atoms with E-state index < -0.39 is 0 Å². The van der Waals surface area contributed by atoms with Crippen molar-refractivity contribution in [3.63, 3.8) is 0 Å². The van der Waals surface area contributed by atoms with E-state index in [0.29, 0.717) is 11.3 Å². The molecular formula is C14H22N2O2. The second kappa shape index (κ2) is 4.78. The van der Waals surface area contributed by atoms with Crippen LogP contribution in [0.3, 0.4) is 0 Å². The molecule has 2 atom stereocenters. The first-order chi connectivity index (χ1) is 8.53. The van der Waals surface area contributed by atoms with Crippen molar-refractivity contribution in [1.82, 2.24) is 5.43 Å². The van der Waals surface area contributed by atoms with Crippen LogP contribution in [0.5, 0.6) is 11.5 Å². The Bertz CT molecular complexity index is 432. The van der Waals surface area contributed by atoms with Crippen LogP contribution in [-0.4, -0.2) is 14.2 Å². The lowest BCUT2D eigenvalue weighted by Crippen LogP contribution is -2.31. The predicted molar refractivity (Wildman–Crippen MR) is 71.5 cm³/mol. The third-order valence-corrected chi connectivity index (χ3v) is 3.94. The standard InChI is InChI=1S/C14H22N2O2/c1-14(2)8-11(14)13(16-15)10-7-9(17-3)5-6-12(10)18-4/h5-7,11,13,16H,8,15H2,1-4H3. The topological polar surface area (TPSA) is 56.5 Å². The summed E-state index contributed by atoms with van der Waals surface area (Å²) in [6.07, 6.45) is 1.17. The minimum absolute atomic E-state index is 0.102. The number of hydrogen-bond acceptors (Lipinski definition) is 4. The third kappa shape index (κ3) is 2.31. The fourth-order valence-electron chi connectivity index (χ4n) is 2.58. The minimum Gasteiger partial charge on any atom is -0.497 e. The van der Waals surface area contributed by atoms with Crippen LogP contribution in [0.25, 0.3) is 0 Å². The maximum Gasteiger partial charge on any atom is 0.123 e. The van der Waals surface area contributed by atoms with Gasteiger partial charge >= 0.3 is 0 Å². The van der Waals surface area contributed by atoms with Crippen molar-refractivity contribution in [2.75, 3.05) is 14.2 Å². The van der Waals surface area contributed by atoms with E-state index in [-0.39, 0.29) is 6.04 Å². The number of nitrogens with one attached hydrogen (secondary N) is 1. The van der Waals surface area contributed by atoms with Crippen molar-refractivity contribution in [1.29, 1.82) is 0 Å².